The van der Waals surface area contributed by atoms with Gasteiger partial charge in [0.1, 0.15) is 11.1 Å². The van der Waals surface area contributed by atoms with Gasteiger partial charge in [0, 0.05) is 17.5 Å². The number of hydrogen-bond acceptors (Lipinski definition) is 2. The summed E-state index contributed by atoms with van der Waals surface area (Å²) in [6.07, 6.45) is 0. The zero-order valence-electron chi connectivity index (χ0n) is 16.6. The number of rotatable bonds is 4. The Morgan fingerprint density at radius 1 is 0.548 bits per heavy atom. The zero-order chi connectivity index (χ0) is 21.1. The van der Waals surface area contributed by atoms with Gasteiger partial charge in [-0.1, -0.05) is 115 Å². The highest BCUT2D eigenvalue weighted by Gasteiger charge is 2.34. The van der Waals surface area contributed by atoms with Gasteiger partial charge in [0.25, 0.3) is 0 Å². The van der Waals surface area contributed by atoms with Crippen LogP contribution in [0.3, 0.4) is 0 Å². The first kappa shape index (κ1) is 19.7. The zero-order valence-corrected chi connectivity index (χ0v) is 18.3. The van der Waals surface area contributed by atoms with Gasteiger partial charge >= 0.3 is 0 Å². The number of benzene rings is 4. The lowest BCUT2D eigenvalue weighted by Gasteiger charge is -2.30. The van der Waals surface area contributed by atoms with Gasteiger partial charge in [0.2, 0.25) is 0 Å². The molecule has 0 saturated carbocycles. The number of halogens is 1. The van der Waals surface area contributed by atoms with Crippen LogP contribution >= 0.6 is 18.5 Å². The number of hydrogen-bond donors (Lipinski definition) is 0. The van der Waals surface area contributed by atoms with Gasteiger partial charge in [-0.05, 0) is 33.3 Å². The molecular formula is C26H19ClN3P. The van der Waals surface area contributed by atoms with Gasteiger partial charge in [-0.25, -0.2) is 0 Å². The second-order valence-electron chi connectivity index (χ2n) is 7.15. The maximum Gasteiger partial charge on any atom is 0.124 e. The molecule has 0 radical (unpaired) electrons. The van der Waals surface area contributed by atoms with Crippen molar-refractivity contribution in [3.8, 4) is 0 Å². The summed E-state index contributed by atoms with van der Waals surface area (Å²) in [5.74, 6) is 0. The summed E-state index contributed by atoms with van der Waals surface area (Å²) in [6.45, 7) is -2.34. The van der Waals surface area contributed by atoms with Crippen LogP contribution in [0.15, 0.2) is 131 Å². The average Bonchev–Trinajstić information content (AvgIpc) is 3.32. The predicted molar refractivity (Wildman–Crippen MR) is 133 cm³/mol. The van der Waals surface area contributed by atoms with Crippen molar-refractivity contribution in [2.75, 3.05) is 0 Å². The molecule has 1 aliphatic rings. The van der Waals surface area contributed by atoms with Crippen LogP contribution in [0.4, 0.5) is 0 Å². The van der Waals surface area contributed by atoms with E-state index in [4.69, 9.17) is 11.6 Å². The molecule has 5 rings (SSSR count). The minimum atomic E-state index is -2.34. The summed E-state index contributed by atoms with van der Waals surface area (Å²) >= 11 is 6.15. The Morgan fingerprint density at radius 2 is 1.00 bits per heavy atom. The van der Waals surface area contributed by atoms with E-state index in [9.17, 15) is 0 Å². The summed E-state index contributed by atoms with van der Waals surface area (Å²) in [6, 6.07) is 39.5. The Balaban J connectivity index is 1.94. The van der Waals surface area contributed by atoms with Crippen LogP contribution in [0.25, 0.3) is 0 Å². The largest absolute Gasteiger partial charge is 0.128 e. The molecule has 0 fully saturated rings. The van der Waals surface area contributed by atoms with E-state index in [0.717, 1.165) is 16.7 Å². The maximum atomic E-state index is 6.15. The molecule has 0 bridgehead atoms. The summed E-state index contributed by atoms with van der Waals surface area (Å²) in [5.41, 5.74) is 2.65. The van der Waals surface area contributed by atoms with E-state index in [1.165, 1.54) is 15.9 Å². The molecule has 0 amide bonds. The lowest BCUT2D eigenvalue weighted by Crippen LogP contribution is -2.32. The highest BCUT2D eigenvalue weighted by molar-refractivity contribution is 7.96. The van der Waals surface area contributed by atoms with E-state index in [-0.39, 0.29) is 0 Å². The molecule has 4 aromatic carbocycles. The van der Waals surface area contributed by atoms with Crippen molar-refractivity contribution in [1.82, 2.24) is 0 Å². The van der Waals surface area contributed by atoms with Crippen LogP contribution in [0.5, 0.6) is 0 Å². The molecule has 150 valence electrons. The van der Waals surface area contributed by atoms with Crippen LogP contribution < -0.4 is 15.9 Å². The lowest BCUT2D eigenvalue weighted by atomic mass is 10.1. The van der Waals surface area contributed by atoms with Crippen molar-refractivity contribution in [2.24, 2.45) is 15.4 Å². The second-order valence-corrected chi connectivity index (χ2v) is 10.9. The lowest BCUT2D eigenvalue weighted by molar-refractivity contribution is 1.13. The molecule has 4 aromatic rings. The van der Waals surface area contributed by atoms with Crippen LogP contribution in [-0.2, 0) is 0 Å². The normalized spacial score (nSPS) is 13.3. The molecule has 0 saturated heterocycles. The third-order valence-electron chi connectivity index (χ3n) is 5.36. The highest BCUT2D eigenvalue weighted by Crippen LogP contribution is 2.48. The quantitative estimate of drug-likeness (QED) is 0.369. The molecule has 0 unspecified atom stereocenters. The van der Waals surface area contributed by atoms with E-state index >= 15 is 0 Å². The van der Waals surface area contributed by atoms with Crippen LogP contribution in [-0.4, -0.2) is 11.1 Å². The first-order valence-corrected chi connectivity index (χ1v) is 12.2. The van der Waals surface area contributed by atoms with E-state index in [1.807, 2.05) is 42.5 Å². The molecule has 0 N–H and O–H groups in total. The molecule has 1 aliphatic heterocycles. The number of nitrogens with zero attached hydrogens (tertiary/aromatic N) is 3. The molecule has 0 aromatic heterocycles. The smallest absolute Gasteiger partial charge is 0.124 e. The van der Waals surface area contributed by atoms with E-state index in [1.54, 1.807) is 0 Å². The fourth-order valence-corrected chi connectivity index (χ4v) is 8.27. The van der Waals surface area contributed by atoms with Crippen molar-refractivity contribution >= 4 is 45.5 Å². The first-order chi connectivity index (χ1) is 15.3. The Hall–Kier alpha value is -3.26. The minimum absolute atomic E-state index is 0.688. The van der Waals surface area contributed by atoms with Gasteiger partial charge in [-0.2, -0.15) is 0 Å². The van der Waals surface area contributed by atoms with Crippen LogP contribution in [0.1, 0.15) is 5.56 Å². The molecule has 0 spiro atoms. The molecule has 31 heavy (non-hydrogen) atoms. The fourth-order valence-electron chi connectivity index (χ4n) is 3.99. The van der Waals surface area contributed by atoms with Gasteiger partial charge in [0.05, 0.1) is 0 Å². The van der Waals surface area contributed by atoms with Gasteiger partial charge in [-0.15, -0.1) is 10.2 Å². The summed E-state index contributed by atoms with van der Waals surface area (Å²) in [7, 11) is 0. The Labute approximate surface area is 186 Å². The molecule has 0 aliphatic carbocycles. The highest BCUT2D eigenvalue weighted by atomic mass is 35.5. The van der Waals surface area contributed by atoms with E-state index in [0.29, 0.717) is 5.02 Å². The van der Waals surface area contributed by atoms with Gasteiger partial charge < -0.3 is 0 Å². The summed E-state index contributed by atoms with van der Waals surface area (Å²) in [5, 5.41) is 17.6. The Kier molecular flexibility index (Phi) is 5.38. The standard InChI is InChI=1S/C26H19ClN3P/c27-21-18-16-20(17-19-21)25-26(29-30-28-25)31(22-10-4-1-5-11-22,23-12-6-2-7-13-23)24-14-8-3-9-15-24/h1-19H. The Morgan fingerprint density at radius 3 is 1.45 bits per heavy atom. The van der Waals surface area contributed by atoms with Crippen molar-refractivity contribution in [3.63, 3.8) is 0 Å². The van der Waals surface area contributed by atoms with Crippen molar-refractivity contribution in [2.45, 2.75) is 0 Å². The third-order valence-corrected chi connectivity index (χ3v) is 9.77. The minimum Gasteiger partial charge on any atom is -0.128 e. The van der Waals surface area contributed by atoms with Crippen molar-refractivity contribution in [3.05, 3.63) is 126 Å². The molecule has 5 heteroatoms. The predicted octanol–water partition coefficient (Wildman–Crippen LogP) is 5.63. The van der Waals surface area contributed by atoms with E-state index in [2.05, 4.69) is 88.2 Å². The monoisotopic (exact) mass is 439 g/mol. The SMILES string of the molecule is Clc1ccc(C2=NN=NC2=P(c2ccccc2)(c2ccccc2)c2ccccc2)cc1. The first-order valence-electron chi connectivity index (χ1n) is 9.98. The topological polar surface area (TPSA) is 37.1 Å². The average molecular weight is 440 g/mol. The Bertz CT molecular complexity index is 1210. The molecule has 0 atom stereocenters. The van der Waals surface area contributed by atoms with Crippen molar-refractivity contribution in [1.29, 1.82) is 0 Å². The van der Waals surface area contributed by atoms with E-state index < -0.39 is 6.89 Å². The van der Waals surface area contributed by atoms with Gasteiger partial charge in [0.15, 0.2) is 0 Å². The fraction of sp³-hybridized carbons (Fsp3) is 0. The van der Waals surface area contributed by atoms with Gasteiger partial charge in [-0.3, -0.25) is 0 Å². The molecular weight excluding hydrogens is 421 g/mol. The van der Waals surface area contributed by atoms with Crippen LogP contribution in [0.2, 0.25) is 5.02 Å². The third kappa shape index (κ3) is 3.46. The van der Waals surface area contributed by atoms with Crippen molar-refractivity contribution < 1.29 is 0 Å². The maximum absolute atomic E-state index is 6.15. The van der Waals surface area contributed by atoms with Crippen LogP contribution in [0, 0.1) is 0 Å². The molecule has 1 heterocycles. The second kappa shape index (κ2) is 8.47. The summed E-state index contributed by atoms with van der Waals surface area (Å²) < 4.78 is 0. The summed E-state index contributed by atoms with van der Waals surface area (Å²) in [4.78, 5) is 0. The molecule has 3 nitrogen and oxygen atoms in total.